The third-order valence-corrected chi connectivity index (χ3v) is 9.61. The van der Waals surface area contributed by atoms with Crippen LogP contribution in [-0.2, 0) is 9.84 Å². The second-order valence-corrected chi connectivity index (χ2v) is 13.0. The van der Waals surface area contributed by atoms with Crippen molar-refractivity contribution < 1.29 is 22.3 Å². The third kappa shape index (κ3) is 4.72. The van der Waals surface area contributed by atoms with Gasteiger partial charge >= 0.3 is 0 Å². The van der Waals surface area contributed by atoms with Gasteiger partial charge in [0.15, 0.2) is 15.5 Å². The quantitative estimate of drug-likeness (QED) is 0.275. The Kier molecular flexibility index (Phi) is 6.76. The van der Waals surface area contributed by atoms with Crippen molar-refractivity contribution in [3.05, 3.63) is 66.6 Å². The lowest BCUT2D eigenvalue weighted by Crippen LogP contribution is -2.46. The van der Waals surface area contributed by atoms with Crippen LogP contribution in [0.5, 0.6) is 5.75 Å². The minimum absolute atomic E-state index is 0.00794. The number of hydrogen-bond donors (Lipinski definition) is 2. The summed E-state index contributed by atoms with van der Waals surface area (Å²) in [5.41, 5.74) is 10.2. The molecule has 0 saturated carbocycles. The molecule has 7 rings (SSSR count). The minimum atomic E-state index is -3.78. The highest BCUT2D eigenvalue weighted by molar-refractivity contribution is 7.91. The van der Waals surface area contributed by atoms with Gasteiger partial charge in [0.1, 0.15) is 22.8 Å². The SMILES string of the molecule is CS(=O)(=O)c1c(C2C[C@H]3CC[C@@H](C2)N3C(=O)c2ncn[nH]2)nc2c(-c3ccc(-c4ccc(OCF)cc4)nc3)cnn2c1N. The molecule has 4 aromatic heterocycles. The summed E-state index contributed by atoms with van der Waals surface area (Å²) in [7, 11) is -3.78. The van der Waals surface area contributed by atoms with Crippen LogP contribution in [0.25, 0.3) is 28.0 Å². The van der Waals surface area contributed by atoms with E-state index in [0.29, 0.717) is 41.2 Å². The van der Waals surface area contributed by atoms with Crippen LogP contribution in [0.15, 0.2) is 60.0 Å². The number of H-pyrrole nitrogens is 1. The lowest BCUT2D eigenvalue weighted by atomic mass is 9.87. The highest BCUT2D eigenvalue weighted by Crippen LogP contribution is 2.45. The number of halogens is 1. The first-order valence-corrected chi connectivity index (χ1v) is 15.9. The van der Waals surface area contributed by atoms with E-state index in [2.05, 4.69) is 25.3 Å². The lowest BCUT2D eigenvalue weighted by Gasteiger charge is -2.38. The second-order valence-electron chi connectivity index (χ2n) is 11.1. The highest BCUT2D eigenvalue weighted by Gasteiger charge is 2.46. The molecule has 1 aromatic carbocycles. The van der Waals surface area contributed by atoms with Crippen LogP contribution in [0.2, 0.25) is 0 Å². The van der Waals surface area contributed by atoms with Crippen molar-refractivity contribution in [3.63, 3.8) is 0 Å². The Morgan fingerprint density at radius 2 is 1.80 bits per heavy atom. The van der Waals surface area contributed by atoms with Crippen LogP contribution in [0.1, 0.15) is 47.9 Å². The number of nitrogens with two attached hydrogens (primary N) is 1. The molecule has 2 aliphatic heterocycles. The number of benzene rings is 1. The van der Waals surface area contributed by atoms with Gasteiger partial charge in [0.25, 0.3) is 5.91 Å². The average Bonchev–Trinajstić information content (AvgIpc) is 3.75. The number of fused-ring (bicyclic) bond motifs is 3. The van der Waals surface area contributed by atoms with Crippen molar-refractivity contribution >= 4 is 27.2 Å². The molecular formula is C29H28FN9O4S. The number of alkyl halides is 1. The number of piperidine rings is 1. The van der Waals surface area contributed by atoms with Crippen molar-refractivity contribution in [2.24, 2.45) is 0 Å². The summed E-state index contributed by atoms with van der Waals surface area (Å²) in [5.74, 6) is 0.152. The van der Waals surface area contributed by atoms with Crippen LogP contribution < -0.4 is 10.5 Å². The van der Waals surface area contributed by atoms with Crippen LogP contribution in [0, 0.1) is 0 Å². The van der Waals surface area contributed by atoms with Crippen LogP contribution >= 0.6 is 0 Å². The van der Waals surface area contributed by atoms with Crippen molar-refractivity contribution in [1.82, 2.24) is 39.7 Å². The van der Waals surface area contributed by atoms with E-state index < -0.39 is 16.7 Å². The number of pyridine rings is 1. The first kappa shape index (κ1) is 27.9. The standard InChI is InChI=1S/C29H28FN9O4S/c1-44(41,42)25-24(18-10-19-5-6-20(11-18)38(19)29(40)27-33-15-34-37-27)36-28-22(13-35-39(28)26(25)31)17-4-9-23(32-12-17)16-2-7-21(8-3-16)43-14-30/h2-4,7-9,12-13,15,18-20H,5-6,10-11,14,31H2,1H3,(H,33,34,37)/t18?,19-,20+. The number of hydrogen-bond acceptors (Lipinski definition) is 10. The Hall–Kier alpha value is -4.92. The number of aromatic nitrogens is 7. The Labute approximate surface area is 251 Å². The van der Waals surface area contributed by atoms with Crippen molar-refractivity contribution in [2.75, 3.05) is 18.9 Å². The molecule has 3 N–H and O–H groups in total. The number of amides is 1. The molecule has 0 radical (unpaired) electrons. The number of ether oxygens (including phenoxy) is 1. The van der Waals surface area contributed by atoms with Crippen molar-refractivity contribution in [3.8, 4) is 28.1 Å². The average molecular weight is 618 g/mol. The second kappa shape index (κ2) is 10.7. The van der Waals surface area contributed by atoms with E-state index in [9.17, 15) is 17.6 Å². The van der Waals surface area contributed by atoms with Gasteiger partial charge in [0.2, 0.25) is 12.7 Å². The molecular weight excluding hydrogens is 589 g/mol. The van der Waals surface area contributed by atoms with Gasteiger partial charge in [-0.2, -0.15) is 14.7 Å². The van der Waals surface area contributed by atoms with E-state index in [4.69, 9.17) is 15.5 Å². The highest BCUT2D eigenvalue weighted by atomic mass is 32.2. The van der Waals surface area contributed by atoms with Gasteiger partial charge in [-0.3, -0.25) is 14.9 Å². The van der Waals surface area contributed by atoms with Gasteiger partial charge in [-0.25, -0.2) is 22.8 Å². The van der Waals surface area contributed by atoms with Gasteiger partial charge in [-0.1, -0.05) is 6.07 Å². The number of nitrogens with zero attached hydrogens (tertiary/aromatic N) is 7. The first-order chi connectivity index (χ1) is 21.2. The first-order valence-electron chi connectivity index (χ1n) is 14.0. The molecule has 13 nitrogen and oxygen atoms in total. The number of anilines is 1. The van der Waals surface area contributed by atoms with E-state index in [1.54, 1.807) is 36.7 Å². The smallest absolute Gasteiger partial charge is 0.291 e. The molecule has 5 aromatic rings. The molecule has 1 unspecified atom stereocenters. The molecule has 0 aliphatic carbocycles. The summed E-state index contributed by atoms with van der Waals surface area (Å²) < 4.78 is 44.9. The predicted molar refractivity (Wildman–Crippen MR) is 157 cm³/mol. The number of nitrogens with one attached hydrogen (secondary N) is 1. The number of nitrogen functional groups attached to an aromatic ring is 1. The minimum Gasteiger partial charge on any atom is -0.463 e. The molecule has 15 heteroatoms. The zero-order valence-electron chi connectivity index (χ0n) is 23.6. The molecule has 2 aliphatic rings. The Balaban J connectivity index is 1.24. The fourth-order valence-electron chi connectivity index (χ4n) is 6.55. The fourth-order valence-corrected chi connectivity index (χ4v) is 7.61. The van der Waals surface area contributed by atoms with Gasteiger partial charge in [0.05, 0.1) is 17.6 Å². The summed E-state index contributed by atoms with van der Waals surface area (Å²) in [6.45, 7) is -0.901. The van der Waals surface area contributed by atoms with E-state index >= 15 is 0 Å². The van der Waals surface area contributed by atoms with Gasteiger partial charge < -0.3 is 15.4 Å². The zero-order valence-corrected chi connectivity index (χ0v) is 24.4. The Bertz CT molecular complexity index is 1950. The van der Waals surface area contributed by atoms with E-state index in [-0.39, 0.29) is 40.4 Å². The molecule has 226 valence electrons. The predicted octanol–water partition coefficient (Wildman–Crippen LogP) is 3.42. The summed E-state index contributed by atoms with van der Waals surface area (Å²) in [5, 5.41) is 10.8. The van der Waals surface area contributed by atoms with E-state index in [1.807, 2.05) is 17.0 Å². The molecule has 2 bridgehead atoms. The number of aromatic amines is 1. The molecule has 2 fully saturated rings. The molecule has 44 heavy (non-hydrogen) atoms. The summed E-state index contributed by atoms with van der Waals surface area (Å²) in [6.07, 6.45) is 8.38. The number of carbonyl (C=O) groups is 1. The number of rotatable bonds is 7. The van der Waals surface area contributed by atoms with Crippen LogP contribution in [0.3, 0.4) is 0 Å². The van der Waals surface area contributed by atoms with Crippen LogP contribution in [0.4, 0.5) is 10.2 Å². The van der Waals surface area contributed by atoms with Gasteiger partial charge in [0, 0.05) is 47.1 Å². The van der Waals surface area contributed by atoms with Gasteiger partial charge in [-0.05, 0) is 56.0 Å². The maximum Gasteiger partial charge on any atom is 0.291 e. The lowest BCUT2D eigenvalue weighted by molar-refractivity contribution is 0.0556. The summed E-state index contributed by atoms with van der Waals surface area (Å²) in [4.78, 5) is 28.5. The normalized spacial score (nSPS) is 19.9. The van der Waals surface area contributed by atoms with E-state index in [1.165, 1.54) is 10.8 Å². The molecule has 3 atom stereocenters. The maximum absolute atomic E-state index is 13.2. The summed E-state index contributed by atoms with van der Waals surface area (Å²) >= 11 is 0. The Morgan fingerprint density at radius 3 is 2.41 bits per heavy atom. The van der Waals surface area contributed by atoms with E-state index in [0.717, 1.165) is 30.2 Å². The Morgan fingerprint density at radius 1 is 1.07 bits per heavy atom. The monoisotopic (exact) mass is 617 g/mol. The third-order valence-electron chi connectivity index (χ3n) is 8.45. The van der Waals surface area contributed by atoms with Crippen LogP contribution in [-0.4, -0.2) is 79.2 Å². The number of carbonyl (C=O) groups excluding carboxylic acids is 1. The van der Waals surface area contributed by atoms with Crippen molar-refractivity contribution in [2.45, 2.75) is 48.6 Å². The molecule has 2 saturated heterocycles. The maximum atomic E-state index is 13.2. The zero-order chi connectivity index (χ0) is 30.6. The summed E-state index contributed by atoms with van der Waals surface area (Å²) in [6, 6.07) is 10.5. The van der Waals surface area contributed by atoms with Gasteiger partial charge in [-0.15, -0.1) is 0 Å². The van der Waals surface area contributed by atoms with Crippen molar-refractivity contribution in [1.29, 1.82) is 0 Å². The topological polar surface area (TPSA) is 174 Å². The molecule has 0 spiro atoms. The number of sulfone groups is 1. The molecule has 6 heterocycles. The largest absolute Gasteiger partial charge is 0.463 e. The fraction of sp³-hybridized carbons (Fsp3) is 0.310. The molecule has 1 amide bonds.